The normalized spacial score (nSPS) is 28.8. The first-order valence-electron chi connectivity index (χ1n) is 7.26. The van der Waals surface area contributed by atoms with E-state index in [2.05, 4.69) is 24.3 Å². The standard InChI is InChI=1S/C14H28N2O/c1-15-14(12-8-9-17-11-12)10-16(2)13-6-4-3-5-7-13/h12-15H,3-11H2,1-2H3. The maximum absolute atomic E-state index is 5.51. The lowest BCUT2D eigenvalue weighted by atomic mass is 9.93. The second-order valence-corrected chi connectivity index (χ2v) is 5.75. The minimum Gasteiger partial charge on any atom is -0.381 e. The number of likely N-dealkylation sites (N-methyl/N-ethyl adjacent to an activating group) is 2. The minimum atomic E-state index is 0.601. The van der Waals surface area contributed by atoms with Gasteiger partial charge in [-0.05, 0) is 33.4 Å². The van der Waals surface area contributed by atoms with Crippen LogP contribution in [-0.4, -0.2) is 50.8 Å². The summed E-state index contributed by atoms with van der Waals surface area (Å²) < 4.78 is 5.51. The molecule has 0 bridgehead atoms. The van der Waals surface area contributed by atoms with Crippen LogP contribution in [0.1, 0.15) is 38.5 Å². The first-order chi connectivity index (χ1) is 8.31. The Labute approximate surface area is 106 Å². The fourth-order valence-corrected chi connectivity index (χ4v) is 3.33. The van der Waals surface area contributed by atoms with Crippen molar-refractivity contribution in [3.05, 3.63) is 0 Å². The zero-order chi connectivity index (χ0) is 12.1. The van der Waals surface area contributed by atoms with Gasteiger partial charge in [0.2, 0.25) is 0 Å². The van der Waals surface area contributed by atoms with Crippen molar-refractivity contribution in [3.63, 3.8) is 0 Å². The summed E-state index contributed by atoms with van der Waals surface area (Å²) in [5.74, 6) is 0.714. The van der Waals surface area contributed by atoms with Crippen LogP contribution >= 0.6 is 0 Å². The number of nitrogens with one attached hydrogen (secondary N) is 1. The van der Waals surface area contributed by atoms with Gasteiger partial charge in [0.25, 0.3) is 0 Å². The van der Waals surface area contributed by atoms with E-state index in [9.17, 15) is 0 Å². The fraction of sp³-hybridized carbons (Fsp3) is 1.00. The molecular weight excluding hydrogens is 212 g/mol. The van der Waals surface area contributed by atoms with Gasteiger partial charge in [0.05, 0.1) is 6.61 Å². The molecule has 0 radical (unpaired) electrons. The monoisotopic (exact) mass is 240 g/mol. The third-order valence-electron chi connectivity index (χ3n) is 4.59. The summed E-state index contributed by atoms with van der Waals surface area (Å²) in [6, 6.07) is 1.42. The summed E-state index contributed by atoms with van der Waals surface area (Å²) in [6.45, 7) is 3.08. The van der Waals surface area contributed by atoms with E-state index in [1.54, 1.807) is 0 Å². The highest BCUT2D eigenvalue weighted by molar-refractivity contribution is 4.83. The maximum Gasteiger partial charge on any atom is 0.0510 e. The average Bonchev–Trinajstić information content (AvgIpc) is 2.90. The van der Waals surface area contributed by atoms with Crippen molar-refractivity contribution in [3.8, 4) is 0 Å². The predicted octanol–water partition coefficient (Wildman–Crippen LogP) is 1.88. The van der Waals surface area contributed by atoms with E-state index in [-0.39, 0.29) is 0 Å². The van der Waals surface area contributed by atoms with E-state index in [0.29, 0.717) is 12.0 Å². The Morgan fingerprint density at radius 3 is 2.59 bits per heavy atom. The van der Waals surface area contributed by atoms with Crippen LogP contribution < -0.4 is 5.32 Å². The molecule has 0 aromatic carbocycles. The smallest absolute Gasteiger partial charge is 0.0510 e. The maximum atomic E-state index is 5.51. The molecule has 0 spiro atoms. The van der Waals surface area contributed by atoms with Crippen molar-refractivity contribution in [2.75, 3.05) is 33.9 Å². The Morgan fingerprint density at radius 1 is 1.24 bits per heavy atom. The van der Waals surface area contributed by atoms with E-state index < -0.39 is 0 Å². The number of rotatable bonds is 5. The molecule has 2 atom stereocenters. The van der Waals surface area contributed by atoms with Crippen LogP contribution in [0.25, 0.3) is 0 Å². The predicted molar refractivity (Wildman–Crippen MR) is 71.3 cm³/mol. The minimum absolute atomic E-state index is 0.601. The van der Waals surface area contributed by atoms with Gasteiger partial charge < -0.3 is 15.0 Å². The van der Waals surface area contributed by atoms with Gasteiger partial charge in [-0.25, -0.2) is 0 Å². The van der Waals surface area contributed by atoms with E-state index in [4.69, 9.17) is 4.74 Å². The molecule has 0 amide bonds. The Morgan fingerprint density at radius 2 is 2.00 bits per heavy atom. The van der Waals surface area contributed by atoms with Gasteiger partial charge in [0.15, 0.2) is 0 Å². The zero-order valence-electron chi connectivity index (χ0n) is 11.5. The lowest BCUT2D eigenvalue weighted by Gasteiger charge is -2.35. The van der Waals surface area contributed by atoms with E-state index in [1.165, 1.54) is 45.1 Å². The molecule has 0 aromatic rings. The molecule has 2 unspecified atom stereocenters. The zero-order valence-corrected chi connectivity index (χ0v) is 11.5. The molecule has 2 fully saturated rings. The summed E-state index contributed by atoms with van der Waals surface area (Å²) >= 11 is 0. The molecule has 100 valence electrons. The summed E-state index contributed by atoms with van der Waals surface area (Å²) in [4.78, 5) is 2.58. The molecule has 0 aromatic heterocycles. The number of hydrogen-bond acceptors (Lipinski definition) is 3. The van der Waals surface area contributed by atoms with Crippen LogP contribution in [0, 0.1) is 5.92 Å². The molecule has 2 rings (SSSR count). The third-order valence-corrected chi connectivity index (χ3v) is 4.59. The van der Waals surface area contributed by atoms with E-state index >= 15 is 0 Å². The Hall–Kier alpha value is -0.120. The molecule has 2 aliphatic rings. The summed E-state index contributed by atoms with van der Waals surface area (Å²) in [6.07, 6.45) is 8.31. The van der Waals surface area contributed by atoms with Crippen molar-refractivity contribution in [2.24, 2.45) is 5.92 Å². The Bertz CT molecular complexity index is 210. The Kier molecular flexibility index (Phi) is 5.26. The summed E-state index contributed by atoms with van der Waals surface area (Å²) in [5.41, 5.74) is 0. The molecule has 3 nitrogen and oxygen atoms in total. The van der Waals surface area contributed by atoms with Gasteiger partial charge in [-0.15, -0.1) is 0 Å². The van der Waals surface area contributed by atoms with Crippen LogP contribution in [0.4, 0.5) is 0 Å². The van der Waals surface area contributed by atoms with Crippen LogP contribution in [-0.2, 0) is 4.74 Å². The number of ether oxygens (including phenoxy) is 1. The molecule has 1 N–H and O–H groups in total. The molecule has 1 aliphatic carbocycles. The summed E-state index contributed by atoms with van der Waals surface area (Å²) in [7, 11) is 4.40. The van der Waals surface area contributed by atoms with Crippen molar-refractivity contribution in [1.82, 2.24) is 10.2 Å². The molecule has 1 aliphatic heterocycles. The van der Waals surface area contributed by atoms with Gasteiger partial charge in [0, 0.05) is 31.2 Å². The van der Waals surface area contributed by atoms with Crippen LogP contribution in [0.15, 0.2) is 0 Å². The first-order valence-corrected chi connectivity index (χ1v) is 7.26. The van der Waals surface area contributed by atoms with Gasteiger partial charge in [-0.1, -0.05) is 19.3 Å². The van der Waals surface area contributed by atoms with Crippen molar-refractivity contribution >= 4 is 0 Å². The highest BCUT2D eigenvalue weighted by Gasteiger charge is 2.27. The van der Waals surface area contributed by atoms with Gasteiger partial charge in [-0.3, -0.25) is 0 Å². The van der Waals surface area contributed by atoms with E-state index in [0.717, 1.165) is 19.3 Å². The van der Waals surface area contributed by atoms with Crippen molar-refractivity contribution in [1.29, 1.82) is 0 Å². The van der Waals surface area contributed by atoms with Gasteiger partial charge in [-0.2, -0.15) is 0 Å². The van der Waals surface area contributed by atoms with Gasteiger partial charge >= 0.3 is 0 Å². The highest BCUT2D eigenvalue weighted by atomic mass is 16.5. The molecule has 1 heterocycles. The largest absolute Gasteiger partial charge is 0.381 e. The van der Waals surface area contributed by atoms with Crippen LogP contribution in [0.3, 0.4) is 0 Å². The van der Waals surface area contributed by atoms with Crippen molar-refractivity contribution in [2.45, 2.75) is 50.6 Å². The molecule has 17 heavy (non-hydrogen) atoms. The molecule has 3 heteroatoms. The Balaban J connectivity index is 1.79. The third kappa shape index (κ3) is 3.67. The first kappa shape index (κ1) is 13.3. The molecular formula is C14H28N2O. The number of nitrogens with zero attached hydrogens (tertiary/aromatic N) is 1. The quantitative estimate of drug-likeness (QED) is 0.794. The van der Waals surface area contributed by atoms with E-state index in [1.807, 2.05) is 0 Å². The summed E-state index contributed by atoms with van der Waals surface area (Å²) in [5, 5.41) is 3.49. The molecule has 1 saturated carbocycles. The second kappa shape index (κ2) is 6.72. The van der Waals surface area contributed by atoms with Crippen molar-refractivity contribution < 1.29 is 4.74 Å². The fourth-order valence-electron chi connectivity index (χ4n) is 3.33. The SMILES string of the molecule is CNC(CN(C)C1CCCCC1)C1CCOC1. The van der Waals surface area contributed by atoms with Crippen LogP contribution in [0.2, 0.25) is 0 Å². The average molecular weight is 240 g/mol. The van der Waals surface area contributed by atoms with Crippen LogP contribution in [0.5, 0.6) is 0 Å². The molecule has 1 saturated heterocycles. The number of hydrogen-bond donors (Lipinski definition) is 1. The second-order valence-electron chi connectivity index (χ2n) is 5.75. The van der Waals surface area contributed by atoms with Gasteiger partial charge in [0.1, 0.15) is 0 Å². The lowest BCUT2D eigenvalue weighted by Crippen LogP contribution is -2.46. The highest BCUT2D eigenvalue weighted by Crippen LogP contribution is 2.23. The topological polar surface area (TPSA) is 24.5 Å². The lowest BCUT2D eigenvalue weighted by molar-refractivity contribution is 0.143.